The molecule has 2 N–H and O–H groups in total. The number of anilines is 1. The van der Waals surface area contributed by atoms with Gasteiger partial charge in [-0.15, -0.1) is 10.2 Å². The van der Waals surface area contributed by atoms with E-state index in [9.17, 15) is 9.59 Å². The molecule has 142 valence electrons. The third-order valence-electron chi connectivity index (χ3n) is 3.46. The number of benzene rings is 1. The Bertz CT molecular complexity index is 973. The summed E-state index contributed by atoms with van der Waals surface area (Å²) in [6.07, 6.45) is 4.78. The Morgan fingerprint density at radius 1 is 1.14 bits per heavy atom. The molecule has 0 aliphatic rings. The normalized spacial score (nSPS) is 10.6. The molecule has 3 aromatic rings. The molecular weight excluding hydrogens is 380 g/mol. The second kappa shape index (κ2) is 9.33. The fourth-order valence-electron chi connectivity index (χ4n) is 2.09. The van der Waals surface area contributed by atoms with Gasteiger partial charge in [-0.25, -0.2) is 5.43 Å². The van der Waals surface area contributed by atoms with Gasteiger partial charge in [0.05, 0.1) is 19.7 Å². The van der Waals surface area contributed by atoms with Crippen molar-refractivity contribution in [2.75, 3.05) is 12.4 Å². The fraction of sp³-hybridized carbons (Fsp3) is 0.111. The number of hydrogen-bond donors (Lipinski definition) is 2. The van der Waals surface area contributed by atoms with Crippen LogP contribution in [0.4, 0.5) is 5.13 Å². The third-order valence-corrected chi connectivity index (χ3v) is 4.30. The van der Waals surface area contributed by atoms with Crippen LogP contribution >= 0.6 is 11.3 Å². The lowest BCUT2D eigenvalue weighted by Crippen LogP contribution is -2.19. The molecule has 3 rings (SSSR count). The van der Waals surface area contributed by atoms with Crippen molar-refractivity contribution in [2.45, 2.75) is 6.42 Å². The average molecular weight is 396 g/mol. The fourth-order valence-corrected chi connectivity index (χ4v) is 2.83. The standard InChI is InChI=1S/C18H16N6O3S/c1-27-14-4-2-13(3-5-14)17(26)21-18-24-23-16(28-18)10-15(25)22-20-11-12-6-8-19-9-7-12/h2-9,11H,10H2,1H3,(H,22,25)(H,21,24,26). The van der Waals surface area contributed by atoms with E-state index in [0.29, 0.717) is 21.5 Å². The molecule has 0 aliphatic carbocycles. The van der Waals surface area contributed by atoms with Crippen LogP contribution in [0.1, 0.15) is 20.9 Å². The Morgan fingerprint density at radius 2 is 1.89 bits per heavy atom. The highest BCUT2D eigenvalue weighted by molar-refractivity contribution is 7.15. The predicted octanol–water partition coefficient (Wildman–Crippen LogP) is 1.89. The van der Waals surface area contributed by atoms with E-state index in [1.807, 2.05) is 0 Å². The number of methoxy groups -OCH3 is 1. The monoisotopic (exact) mass is 396 g/mol. The summed E-state index contributed by atoms with van der Waals surface area (Å²) in [6, 6.07) is 10.2. The summed E-state index contributed by atoms with van der Waals surface area (Å²) in [5.41, 5.74) is 3.69. The molecular formula is C18H16N6O3S. The summed E-state index contributed by atoms with van der Waals surface area (Å²) in [7, 11) is 1.55. The number of nitrogens with one attached hydrogen (secondary N) is 2. The Kier molecular flexibility index (Phi) is 6.37. The van der Waals surface area contributed by atoms with E-state index in [4.69, 9.17) is 4.74 Å². The van der Waals surface area contributed by atoms with Gasteiger partial charge in [0.1, 0.15) is 10.8 Å². The molecule has 0 unspecified atom stereocenters. The van der Waals surface area contributed by atoms with E-state index in [2.05, 4.69) is 31.0 Å². The minimum absolute atomic E-state index is 0.00373. The number of pyridine rings is 1. The second-order valence-electron chi connectivity index (χ2n) is 5.43. The van der Waals surface area contributed by atoms with Crippen LogP contribution in [-0.2, 0) is 11.2 Å². The molecule has 9 nitrogen and oxygen atoms in total. The van der Waals surface area contributed by atoms with Crippen LogP contribution in [0.15, 0.2) is 53.9 Å². The van der Waals surface area contributed by atoms with Gasteiger partial charge in [-0.2, -0.15) is 5.10 Å². The lowest BCUT2D eigenvalue weighted by molar-refractivity contribution is -0.120. The summed E-state index contributed by atoms with van der Waals surface area (Å²) in [4.78, 5) is 28.0. The molecule has 0 radical (unpaired) electrons. The molecule has 10 heteroatoms. The van der Waals surface area contributed by atoms with Crippen LogP contribution in [0.5, 0.6) is 5.75 Å². The minimum Gasteiger partial charge on any atom is -0.497 e. The lowest BCUT2D eigenvalue weighted by atomic mass is 10.2. The number of rotatable bonds is 7. The van der Waals surface area contributed by atoms with Crippen molar-refractivity contribution in [1.82, 2.24) is 20.6 Å². The molecule has 0 spiro atoms. The first-order valence-corrected chi connectivity index (χ1v) is 8.95. The molecule has 28 heavy (non-hydrogen) atoms. The van der Waals surface area contributed by atoms with E-state index in [-0.39, 0.29) is 18.2 Å². The van der Waals surface area contributed by atoms with Crippen LogP contribution in [0, 0.1) is 0 Å². The highest BCUT2D eigenvalue weighted by Gasteiger charge is 2.12. The van der Waals surface area contributed by atoms with E-state index in [1.54, 1.807) is 55.9 Å². The number of amides is 2. The Hall–Kier alpha value is -3.66. The summed E-state index contributed by atoms with van der Waals surface area (Å²) in [5.74, 6) is -0.00130. The average Bonchev–Trinajstić information content (AvgIpc) is 3.15. The first kappa shape index (κ1) is 19.1. The topological polar surface area (TPSA) is 118 Å². The molecule has 0 atom stereocenters. The smallest absolute Gasteiger partial charge is 0.257 e. The van der Waals surface area contributed by atoms with Crippen LogP contribution in [-0.4, -0.2) is 40.3 Å². The number of hydrazone groups is 1. The van der Waals surface area contributed by atoms with Crippen molar-refractivity contribution < 1.29 is 14.3 Å². The van der Waals surface area contributed by atoms with E-state index in [0.717, 1.165) is 16.9 Å². The van der Waals surface area contributed by atoms with Crippen LogP contribution in [0.2, 0.25) is 0 Å². The summed E-state index contributed by atoms with van der Waals surface area (Å²) in [6.45, 7) is 0. The SMILES string of the molecule is COc1ccc(C(=O)Nc2nnc(CC(=O)NN=Cc3ccncc3)s2)cc1. The molecule has 2 aromatic heterocycles. The van der Waals surface area contributed by atoms with Crippen LogP contribution in [0.3, 0.4) is 0 Å². The second-order valence-corrected chi connectivity index (χ2v) is 6.50. The van der Waals surface area contributed by atoms with Crippen molar-refractivity contribution in [3.8, 4) is 5.75 Å². The Balaban J connectivity index is 1.51. The van der Waals surface area contributed by atoms with Gasteiger partial charge in [0, 0.05) is 18.0 Å². The number of aromatic nitrogens is 3. The highest BCUT2D eigenvalue weighted by Crippen LogP contribution is 2.18. The van der Waals surface area contributed by atoms with E-state index in [1.165, 1.54) is 6.21 Å². The van der Waals surface area contributed by atoms with Gasteiger partial charge in [-0.1, -0.05) is 11.3 Å². The Labute approximate surface area is 164 Å². The summed E-state index contributed by atoms with van der Waals surface area (Å²) >= 11 is 1.12. The zero-order chi connectivity index (χ0) is 19.8. The maximum absolute atomic E-state index is 12.2. The van der Waals surface area contributed by atoms with Crippen LogP contribution < -0.4 is 15.5 Å². The number of hydrogen-bond acceptors (Lipinski definition) is 8. The van der Waals surface area contributed by atoms with Crippen molar-refractivity contribution in [2.24, 2.45) is 5.10 Å². The van der Waals surface area contributed by atoms with Crippen molar-refractivity contribution in [3.63, 3.8) is 0 Å². The van der Waals surface area contributed by atoms with E-state index >= 15 is 0 Å². The van der Waals surface area contributed by atoms with Gasteiger partial charge in [-0.05, 0) is 42.0 Å². The predicted molar refractivity (Wildman–Crippen MR) is 105 cm³/mol. The van der Waals surface area contributed by atoms with Gasteiger partial charge in [0.2, 0.25) is 11.0 Å². The highest BCUT2D eigenvalue weighted by atomic mass is 32.1. The zero-order valence-electron chi connectivity index (χ0n) is 14.8. The first-order chi connectivity index (χ1) is 13.6. The zero-order valence-corrected chi connectivity index (χ0v) is 15.6. The molecule has 0 saturated heterocycles. The molecule has 0 bridgehead atoms. The maximum atomic E-state index is 12.2. The quantitative estimate of drug-likeness (QED) is 0.465. The maximum Gasteiger partial charge on any atom is 0.257 e. The van der Waals surface area contributed by atoms with Gasteiger partial charge in [-0.3, -0.25) is 19.9 Å². The molecule has 1 aromatic carbocycles. The van der Waals surface area contributed by atoms with Crippen molar-refractivity contribution in [1.29, 1.82) is 0 Å². The largest absolute Gasteiger partial charge is 0.497 e. The van der Waals surface area contributed by atoms with E-state index < -0.39 is 0 Å². The first-order valence-electron chi connectivity index (χ1n) is 8.14. The Morgan fingerprint density at radius 3 is 2.61 bits per heavy atom. The number of ether oxygens (including phenoxy) is 1. The molecule has 2 amide bonds. The molecule has 0 fully saturated rings. The number of carbonyl (C=O) groups excluding carboxylic acids is 2. The third kappa shape index (κ3) is 5.42. The lowest BCUT2D eigenvalue weighted by Gasteiger charge is -2.02. The molecule has 0 aliphatic heterocycles. The van der Waals surface area contributed by atoms with Gasteiger partial charge < -0.3 is 4.74 Å². The molecule has 2 heterocycles. The van der Waals surface area contributed by atoms with Gasteiger partial charge in [0.25, 0.3) is 5.91 Å². The summed E-state index contributed by atoms with van der Waals surface area (Å²) in [5, 5.41) is 15.1. The van der Waals surface area contributed by atoms with Gasteiger partial charge >= 0.3 is 0 Å². The van der Waals surface area contributed by atoms with Crippen molar-refractivity contribution >= 4 is 34.5 Å². The summed E-state index contributed by atoms with van der Waals surface area (Å²) < 4.78 is 5.06. The van der Waals surface area contributed by atoms with Crippen molar-refractivity contribution in [3.05, 3.63) is 64.9 Å². The molecule has 0 saturated carbocycles. The number of carbonyl (C=O) groups is 2. The van der Waals surface area contributed by atoms with Gasteiger partial charge in [0.15, 0.2) is 0 Å². The number of nitrogens with zero attached hydrogens (tertiary/aromatic N) is 4. The minimum atomic E-state index is -0.338. The van der Waals surface area contributed by atoms with Crippen LogP contribution in [0.25, 0.3) is 0 Å².